The van der Waals surface area contributed by atoms with Crippen molar-refractivity contribution in [3.05, 3.63) is 18.0 Å². The van der Waals surface area contributed by atoms with Crippen LogP contribution in [0.25, 0.3) is 0 Å². The van der Waals surface area contributed by atoms with E-state index < -0.39 is 11.9 Å². The number of carbonyl (C=O) groups excluding carboxylic acids is 1. The zero-order chi connectivity index (χ0) is 12.7. The van der Waals surface area contributed by atoms with Crippen LogP contribution >= 0.6 is 0 Å². The summed E-state index contributed by atoms with van der Waals surface area (Å²) < 4.78 is 4.79. The van der Waals surface area contributed by atoms with Gasteiger partial charge in [-0.25, -0.2) is 4.79 Å². The molecule has 7 heteroatoms. The summed E-state index contributed by atoms with van der Waals surface area (Å²) in [6, 6.07) is 1.28. The molecule has 17 heavy (non-hydrogen) atoms. The molecule has 0 aliphatic heterocycles. The van der Waals surface area contributed by atoms with Crippen molar-refractivity contribution >= 4 is 12.0 Å². The maximum atomic E-state index is 11.3. The number of nitrogens with one attached hydrogen (secondary N) is 2. The lowest BCUT2D eigenvalue weighted by Crippen LogP contribution is -2.36. The van der Waals surface area contributed by atoms with Gasteiger partial charge in [0.15, 0.2) is 5.76 Å². The molecular weight excluding hydrogens is 226 g/mol. The molecule has 1 heterocycles. The van der Waals surface area contributed by atoms with Crippen LogP contribution in [0.3, 0.4) is 0 Å². The van der Waals surface area contributed by atoms with Crippen LogP contribution in [0, 0.1) is 5.92 Å². The van der Waals surface area contributed by atoms with Crippen LogP contribution in [0.15, 0.2) is 16.8 Å². The zero-order valence-corrected chi connectivity index (χ0v) is 9.47. The number of urea groups is 1. The van der Waals surface area contributed by atoms with Gasteiger partial charge in [-0.3, -0.25) is 4.79 Å². The van der Waals surface area contributed by atoms with Gasteiger partial charge in [-0.15, -0.1) is 0 Å². The summed E-state index contributed by atoms with van der Waals surface area (Å²) in [5.74, 6) is -0.780. The number of aliphatic carboxylic acids is 1. The van der Waals surface area contributed by atoms with Crippen LogP contribution in [0.5, 0.6) is 0 Å². The largest absolute Gasteiger partial charge is 0.481 e. The molecule has 1 atom stereocenters. The van der Waals surface area contributed by atoms with Crippen molar-refractivity contribution in [2.45, 2.75) is 19.9 Å². The lowest BCUT2D eigenvalue weighted by atomic mass is 10.1. The molecule has 3 N–H and O–H groups in total. The van der Waals surface area contributed by atoms with Gasteiger partial charge in [0.05, 0.1) is 18.7 Å². The van der Waals surface area contributed by atoms with Gasteiger partial charge in [0.25, 0.3) is 0 Å². The van der Waals surface area contributed by atoms with Gasteiger partial charge in [-0.05, 0) is 6.42 Å². The molecule has 0 aliphatic carbocycles. The predicted molar refractivity (Wildman–Crippen MR) is 58.2 cm³/mol. The van der Waals surface area contributed by atoms with Crippen molar-refractivity contribution < 1.29 is 19.2 Å². The Morgan fingerprint density at radius 2 is 2.29 bits per heavy atom. The molecule has 0 fully saturated rings. The highest BCUT2D eigenvalue weighted by atomic mass is 16.5. The molecule has 1 aromatic heterocycles. The van der Waals surface area contributed by atoms with Crippen LogP contribution in [0.4, 0.5) is 4.79 Å². The molecule has 2 amide bonds. The second-order valence-electron chi connectivity index (χ2n) is 3.62. The van der Waals surface area contributed by atoms with Gasteiger partial charge in [0.2, 0.25) is 0 Å². The molecule has 0 radical (unpaired) electrons. The van der Waals surface area contributed by atoms with Gasteiger partial charge in [0.1, 0.15) is 0 Å². The number of hydrogen-bond donors (Lipinski definition) is 3. The molecule has 1 aromatic rings. The van der Waals surface area contributed by atoms with E-state index in [4.69, 9.17) is 9.63 Å². The van der Waals surface area contributed by atoms with Crippen LogP contribution < -0.4 is 10.6 Å². The number of carboxylic acids is 1. The van der Waals surface area contributed by atoms with Crippen molar-refractivity contribution in [2.75, 3.05) is 6.54 Å². The Labute approximate surface area is 98.2 Å². The van der Waals surface area contributed by atoms with Gasteiger partial charge in [-0.1, -0.05) is 12.1 Å². The van der Waals surface area contributed by atoms with E-state index in [2.05, 4.69) is 15.8 Å². The summed E-state index contributed by atoms with van der Waals surface area (Å²) >= 11 is 0. The summed E-state index contributed by atoms with van der Waals surface area (Å²) in [4.78, 5) is 21.8. The van der Waals surface area contributed by atoms with E-state index >= 15 is 0 Å². The Hall–Kier alpha value is -2.05. The number of aromatic nitrogens is 1. The lowest BCUT2D eigenvalue weighted by molar-refractivity contribution is -0.141. The van der Waals surface area contributed by atoms with Gasteiger partial charge < -0.3 is 20.3 Å². The third kappa shape index (κ3) is 5.01. The highest BCUT2D eigenvalue weighted by molar-refractivity contribution is 5.74. The first-order valence-electron chi connectivity index (χ1n) is 5.23. The minimum atomic E-state index is -0.867. The topological polar surface area (TPSA) is 104 Å². The summed E-state index contributed by atoms with van der Waals surface area (Å²) in [7, 11) is 0. The first-order chi connectivity index (χ1) is 8.09. The summed E-state index contributed by atoms with van der Waals surface area (Å²) in [6.07, 6.45) is 1.88. The van der Waals surface area contributed by atoms with Gasteiger partial charge >= 0.3 is 12.0 Å². The van der Waals surface area contributed by atoms with E-state index in [1.54, 1.807) is 13.0 Å². The lowest BCUT2D eigenvalue weighted by Gasteiger charge is -2.08. The number of amides is 2. The molecule has 0 spiro atoms. The molecular formula is C10H15N3O4. The average molecular weight is 241 g/mol. The normalized spacial score (nSPS) is 11.8. The van der Waals surface area contributed by atoms with Crippen molar-refractivity contribution in [1.82, 2.24) is 15.8 Å². The zero-order valence-electron chi connectivity index (χ0n) is 9.47. The highest BCUT2D eigenvalue weighted by Gasteiger charge is 2.10. The Balaban J connectivity index is 2.11. The van der Waals surface area contributed by atoms with Crippen LogP contribution in [0.2, 0.25) is 0 Å². The first kappa shape index (κ1) is 13.0. The van der Waals surface area contributed by atoms with Crippen LogP contribution in [-0.2, 0) is 11.3 Å². The van der Waals surface area contributed by atoms with E-state index in [1.165, 1.54) is 6.20 Å². The number of carboxylic acid groups (broad SMARTS) is 1. The van der Waals surface area contributed by atoms with E-state index in [0.717, 1.165) is 0 Å². The Morgan fingerprint density at radius 3 is 2.88 bits per heavy atom. The molecule has 0 aromatic carbocycles. The van der Waals surface area contributed by atoms with Crippen molar-refractivity contribution in [2.24, 2.45) is 5.92 Å². The summed E-state index contributed by atoms with van der Waals surface area (Å²) in [5.41, 5.74) is 0. The molecule has 0 aliphatic rings. The monoisotopic (exact) mass is 241 g/mol. The summed E-state index contributed by atoms with van der Waals surface area (Å²) in [5, 5.41) is 17.2. The Morgan fingerprint density at radius 1 is 1.53 bits per heavy atom. The second kappa shape index (κ2) is 6.51. The predicted octanol–water partition coefficient (Wildman–Crippen LogP) is 0.585. The van der Waals surface area contributed by atoms with Crippen LogP contribution in [0.1, 0.15) is 19.1 Å². The highest BCUT2D eigenvalue weighted by Crippen LogP contribution is 1.99. The maximum Gasteiger partial charge on any atom is 0.315 e. The molecule has 7 nitrogen and oxygen atoms in total. The third-order valence-electron chi connectivity index (χ3n) is 2.20. The minimum absolute atomic E-state index is 0.250. The second-order valence-corrected chi connectivity index (χ2v) is 3.62. The van der Waals surface area contributed by atoms with Crippen molar-refractivity contribution in [3.8, 4) is 0 Å². The minimum Gasteiger partial charge on any atom is -0.481 e. The maximum absolute atomic E-state index is 11.3. The molecule has 0 bridgehead atoms. The fourth-order valence-electron chi connectivity index (χ4n) is 1.09. The Bertz CT molecular complexity index is 364. The smallest absolute Gasteiger partial charge is 0.315 e. The summed E-state index contributed by atoms with van der Waals surface area (Å²) in [6.45, 7) is 2.16. The SMILES string of the molecule is CC(CCNC(=O)NCc1ccno1)C(=O)O. The van der Waals surface area contributed by atoms with E-state index in [1.807, 2.05) is 0 Å². The van der Waals surface area contributed by atoms with E-state index in [-0.39, 0.29) is 12.6 Å². The molecule has 1 rings (SSSR count). The van der Waals surface area contributed by atoms with Gasteiger partial charge in [0, 0.05) is 12.6 Å². The quantitative estimate of drug-likeness (QED) is 0.676. The average Bonchev–Trinajstić information content (AvgIpc) is 2.78. The molecule has 0 saturated heterocycles. The van der Waals surface area contributed by atoms with E-state index in [0.29, 0.717) is 18.7 Å². The first-order valence-corrected chi connectivity index (χ1v) is 5.23. The number of hydrogen-bond acceptors (Lipinski definition) is 4. The fourth-order valence-corrected chi connectivity index (χ4v) is 1.09. The number of carbonyl (C=O) groups is 2. The van der Waals surface area contributed by atoms with Crippen molar-refractivity contribution in [3.63, 3.8) is 0 Å². The van der Waals surface area contributed by atoms with E-state index in [9.17, 15) is 9.59 Å². The van der Waals surface area contributed by atoms with Crippen LogP contribution in [-0.4, -0.2) is 28.8 Å². The van der Waals surface area contributed by atoms with Crippen molar-refractivity contribution in [1.29, 1.82) is 0 Å². The number of rotatable bonds is 6. The van der Waals surface area contributed by atoms with Gasteiger partial charge in [-0.2, -0.15) is 0 Å². The molecule has 0 saturated carbocycles. The number of nitrogens with zero attached hydrogens (tertiary/aromatic N) is 1. The standard InChI is InChI=1S/C10H15N3O4/c1-7(9(14)15)2-4-11-10(16)12-6-8-3-5-13-17-8/h3,5,7H,2,4,6H2,1H3,(H,14,15)(H2,11,12,16). The Kier molecular flexibility index (Phi) is 4.99. The fraction of sp³-hybridized carbons (Fsp3) is 0.500. The third-order valence-corrected chi connectivity index (χ3v) is 2.20. The molecule has 94 valence electrons. The molecule has 1 unspecified atom stereocenters.